The molecule has 24 heavy (non-hydrogen) atoms. The second kappa shape index (κ2) is 5.91. The molecular formula is C19H23NO4. The number of benzene rings is 2. The number of aromatic hydroxyl groups is 4. The monoisotopic (exact) mass is 329 g/mol. The van der Waals surface area contributed by atoms with Crippen LogP contribution in [-0.4, -0.2) is 20.4 Å². The quantitative estimate of drug-likeness (QED) is 0.558. The second-order valence-electron chi connectivity index (χ2n) is 6.68. The fourth-order valence-corrected chi connectivity index (χ4v) is 3.56. The molecule has 5 heteroatoms. The topological polar surface area (TPSA) is 93.0 Å². The average Bonchev–Trinajstić information content (AvgIpc) is 2.54. The molecule has 0 bridgehead atoms. The zero-order valence-electron chi connectivity index (χ0n) is 13.9. The van der Waals surface area contributed by atoms with E-state index in [0.717, 1.165) is 29.5 Å². The van der Waals surface area contributed by atoms with Gasteiger partial charge in [0.1, 0.15) is 0 Å². The predicted octanol–water partition coefficient (Wildman–Crippen LogP) is 3.02. The van der Waals surface area contributed by atoms with Crippen molar-refractivity contribution in [2.75, 3.05) is 0 Å². The van der Waals surface area contributed by atoms with E-state index in [1.54, 1.807) is 12.1 Å². The fourth-order valence-electron chi connectivity index (χ4n) is 3.56. The van der Waals surface area contributed by atoms with Crippen molar-refractivity contribution in [2.45, 2.75) is 45.2 Å². The molecule has 3 rings (SSSR count). The Kier molecular flexibility index (Phi) is 4.05. The van der Waals surface area contributed by atoms with E-state index in [2.05, 4.69) is 12.2 Å². The summed E-state index contributed by atoms with van der Waals surface area (Å²) in [7, 11) is 0. The third-order valence-electron chi connectivity index (χ3n) is 4.87. The van der Waals surface area contributed by atoms with Gasteiger partial charge in [-0.1, -0.05) is 19.4 Å². The zero-order valence-corrected chi connectivity index (χ0v) is 13.9. The molecule has 0 aromatic heterocycles. The highest BCUT2D eigenvalue weighted by Crippen LogP contribution is 2.41. The van der Waals surface area contributed by atoms with Crippen LogP contribution in [0, 0.1) is 0 Å². The van der Waals surface area contributed by atoms with E-state index in [-0.39, 0.29) is 23.0 Å². The van der Waals surface area contributed by atoms with Crippen LogP contribution in [0.1, 0.15) is 42.5 Å². The maximum absolute atomic E-state index is 10.0. The van der Waals surface area contributed by atoms with Crippen LogP contribution in [-0.2, 0) is 24.9 Å². The van der Waals surface area contributed by atoms with Gasteiger partial charge in [0.25, 0.3) is 0 Å². The molecule has 0 saturated heterocycles. The molecule has 2 aromatic rings. The third kappa shape index (κ3) is 2.65. The van der Waals surface area contributed by atoms with Crippen LogP contribution in [0.3, 0.4) is 0 Å². The largest absolute Gasteiger partial charge is 0.504 e. The van der Waals surface area contributed by atoms with Gasteiger partial charge in [-0.2, -0.15) is 0 Å². The van der Waals surface area contributed by atoms with Gasteiger partial charge in [0.2, 0.25) is 0 Å². The molecule has 1 atom stereocenters. The van der Waals surface area contributed by atoms with Gasteiger partial charge in [-0.05, 0) is 54.7 Å². The molecule has 0 radical (unpaired) electrons. The molecule has 2 aromatic carbocycles. The van der Waals surface area contributed by atoms with Crippen molar-refractivity contribution in [2.24, 2.45) is 0 Å². The maximum Gasteiger partial charge on any atom is 0.162 e. The summed E-state index contributed by atoms with van der Waals surface area (Å²) in [6.07, 6.45) is 2.34. The first-order chi connectivity index (χ1) is 11.4. The predicted molar refractivity (Wildman–Crippen MR) is 91.4 cm³/mol. The normalized spacial score (nSPS) is 19.9. The second-order valence-corrected chi connectivity index (χ2v) is 6.68. The minimum atomic E-state index is -0.438. The maximum atomic E-state index is 10.0. The first-order valence-electron chi connectivity index (χ1n) is 8.18. The Morgan fingerprint density at radius 2 is 1.75 bits per heavy atom. The molecule has 0 saturated carbocycles. The Balaban J connectivity index is 2.06. The molecule has 5 N–H and O–H groups in total. The van der Waals surface area contributed by atoms with Crippen molar-refractivity contribution in [1.29, 1.82) is 0 Å². The Hall–Kier alpha value is -2.40. The van der Waals surface area contributed by atoms with E-state index in [1.165, 1.54) is 6.07 Å². The van der Waals surface area contributed by atoms with Gasteiger partial charge in [0.15, 0.2) is 23.0 Å². The summed E-state index contributed by atoms with van der Waals surface area (Å²) >= 11 is 0. The van der Waals surface area contributed by atoms with E-state index in [0.29, 0.717) is 18.5 Å². The highest BCUT2D eigenvalue weighted by atomic mass is 16.3. The molecule has 0 amide bonds. The highest BCUT2D eigenvalue weighted by Gasteiger charge is 2.35. The average molecular weight is 329 g/mol. The van der Waals surface area contributed by atoms with Crippen molar-refractivity contribution in [1.82, 2.24) is 5.32 Å². The number of rotatable bonds is 3. The van der Waals surface area contributed by atoms with Crippen LogP contribution in [0.5, 0.6) is 23.0 Å². The van der Waals surface area contributed by atoms with Crippen molar-refractivity contribution >= 4 is 0 Å². The van der Waals surface area contributed by atoms with Crippen molar-refractivity contribution in [3.8, 4) is 23.0 Å². The SMILES string of the molecule is CCCc1cc(O)c(O)cc1C1(C)Cc2ccc(O)c(O)c2CN1. The number of hydrogen-bond acceptors (Lipinski definition) is 5. The summed E-state index contributed by atoms with van der Waals surface area (Å²) in [6.45, 7) is 4.53. The van der Waals surface area contributed by atoms with Gasteiger partial charge in [-0.15, -0.1) is 0 Å². The van der Waals surface area contributed by atoms with E-state index in [9.17, 15) is 20.4 Å². The molecule has 1 unspecified atom stereocenters. The summed E-state index contributed by atoms with van der Waals surface area (Å²) < 4.78 is 0. The minimum absolute atomic E-state index is 0.0793. The van der Waals surface area contributed by atoms with Crippen molar-refractivity contribution in [3.05, 3.63) is 46.5 Å². The lowest BCUT2D eigenvalue weighted by Crippen LogP contribution is -2.45. The lowest BCUT2D eigenvalue weighted by molar-refractivity contribution is 0.322. The Morgan fingerprint density at radius 3 is 2.46 bits per heavy atom. The molecule has 1 heterocycles. The van der Waals surface area contributed by atoms with Gasteiger partial charge in [0.05, 0.1) is 0 Å². The molecule has 0 aliphatic carbocycles. The van der Waals surface area contributed by atoms with Gasteiger partial charge in [0, 0.05) is 17.6 Å². The van der Waals surface area contributed by atoms with Crippen molar-refractivity contribution in [3.63, 3.8) is 0 Å². The van der Waals surface area contributed by atoms with Crippen LogP contribution >= 0.6 is 0 Å². The summed E-state index contributed by atoms with van der Waals surface area (Å²) in [4.78, 5) is 0. The van der Waals surface area contributed by atoms with Crippen LogP contribution < -0.4 is 5.32 Å². The van der Waals surface area contributed by atoms with Crippen LogP contribution in [0.25, 0.3) is 0 Å². The van der Waals surface area contributed by atoms with Crippen molar-refractivity contribution < 1.29 is 20.4 Å². The summed E-state index contributed by atoms with van der Waals surface area (Å²) in [6, 6.07) is 6.58. The van der Waals surface area contributed by atoms with E-state index in [4.69, 9.17) is 0 Å². The lowest BCUT2D eigenvalue weighted by Gasteiger charge is -2.38. The first-order valence-corrected chi connectivity index (χ1v) is 8.18. The van der Waals surface area contributed by atoms with Gasteiger partial charge < -0.3 is 25.7 Å². The Morgan fingerprint density at radius 1 is 1.04 bits per heavy atom. The van der Waals surface area contributed by atoms with Gasteiger partial charge >= 0.3 is 0 Å². The smallest absolute Gasteiger partial charge is 0.162 e. The summed E-state index contributed by atoms with van der Waals surface area (Å²) in [5.74, 6) is -0.436. The summed E-state index contributed by atoms with van der Waals surface area (Å²) in [5.41, 5.74) is 3.16. The van der Waals surface area contributed by atoms with Crippen LogP contribution in [0.2, 0.25) is 0 Å². The standard InChI is InChI=1S/C19H23NO4/c1-3-4-11-7-16(22)17(23)8-14(11)19(2)9-12-5-6-15(21)18(24)13(12)10-20-19/h5-8,20-24H,3-4,9-10H2,1-2H3. The van der Waals surface area contributed by atoms with Crippen LogP contribution in [0.4, 0.5) is 0 Å². The first kappa shape index (κ1) is 16.5. The molecule has 5 nitrogen and oxygen atoms in total. The van der Waals surface area contributed by atoms with E-state index in [1.807, 2.05) is 13.0 Å². The molecule has 1 aliphatic rings. The van der Waals surface area contributed by atoms with E-state index >= 15 is 0 Å². The number of hydrogen-bond donors (Lipinski definition) is 5. The number of nitrogens with one attached hydrogen (secondary N) is 1. The zero-order chi connectivity index (χ0) is 17.5. The fraction of sp³-hybridized carbons (Fsp3) is 0.368. The molecule has 0 spiro atoms. The number of phenols is 4. The van der Waals surface area contributed by atoms with Crippen LogP contribution in [0.15, 0.2) is 24.3 Å². The molecular weight excluding hydrogens is 306 g/mol. The molecule has 1 aliphatic heterocycles. The van der Waals surface area contributed by atoms with E-state index < -0.39 is 5.54 Å². The number of fused-ring (bicyclic) bond motifs is 1. The lowest BCUT2D eigenvalue weighted by atomic mass is 9.78. The van der Waals surface area contributed by atoms with Gasteiger partial charge in [-0.3, -0.25) is 0 Å². The number of phenolic OH excluding ortho intramolecular Hbond substituents is 4. The minimum Gasteiger partial charge on any atom is -0.504 e. The molecule has 128 valence electrons. The Labute approximate surface area is 141 Å². The van der Waals surface area contributed by atoms with Gasteiger partial charge in [-0.25, -0.2) is 0 Å². The molecule has 0 fully saturated rings. The highest BCUT2D eigenvalue weighted by molar-refractivity contribution is 5.53. The summed E-state index contributed by atoms with van der Waals surface area (Å²) in [5, 5.41) is 42.9. The third-order valence-corrected chi connectivity index (χ3v) is 4.87. The number of aryl methyl sites for hydroxylation is 1. The Bertz CT molecular complexity index is 787.